The zero-order chi connectivity index (χ0) is 14.3. The van der Waals surface area contributed by atoms with E-state index in [9.17, 15) is 5.11 Å². The van der Waals surface area contributed by atoms with Gasteiger partial charge in [0.15, 0.2) is 0 Å². The highest BCUT2D eigenvalue weighted by atomic mass is 79.9. The molecule has 0 amide bonds. The Morgan fingerprint density at radius 3 is 2.70 bits per heavy atom. The number of benzene rings is 1. The molecule has 2 fully saturated rings. The maximum Gasteiger partial charge on any atom is 0.0762 e. The molecule has 20 heavy (non-hydrogen) atoms. The number of hydrogen-bond donors (Lipinski definition) is 1. The molecular formula is C17H24BrNO. The van der Waals surface area contributed by atoms with Gasteiger partial charge in [0.2, 0.25) is 0 Å². The molecule has 1 aromatic carbocycles. The standard InChI is InChI=1S/C17H24BrNO/c1-11(20)13-5-6-17(16(18)9-13)19(2)10-15-8-12-3-4-14(15)7-12/h5-6,9,11-12,14-15,20H,3-4,7-8,10H2,1-2H3/t11-,12?,14?,15?/m0/s1. The minimum atomic E-state index is -0.406. The summed E-state index contributed by atoms with van der Waals surface area (Å²) in [5.74, 6) is 2.86. The quantitative estimate of drug-likeness (QED) is 0.881. The van der Waals surface area contributed by atoms with E-state index in [-0.39, 0.29) is 0 Å². The molecule has 0 saturated heterocycles. The lowest BCUT2D eigenvalue weighted by Gasteiger charge is -2.29. The van der Waals surface area contributed by atoms with Crippen molar-refractivity contribution in [2.24, 2.45) is 17.8 Å². The summed E-state index contributed by atoms with van der Waals surface area (Å²) < 4.78 is 1.08. The largest absolute Gasteiger partial charge is 0.389 e. The zero-order valence-corrected chi connectivity index (χ0v) is 13.9. The molecule has 4 atom stereocenters. The number of fused-ring (bicyclic) bond motifs is 2. The number of hydrogen-bond acceptors (Lipinski definition) is 2. The zero-order valence-electron chi connectivity index (χ0n) is 12.3. The normalized spacial score (nSPS) is 29.7. The Morgan fingerprint density at radius 2 is 2.15 bits per heavy atom. The third-order valence-electron chi connectivity index (χ3n) is 5.26. The monoisotopic (exact) mass is 337 g/mol. The van der Waals surface area contributed by atoms with Crippen LogP contribution in [0, 0.1) is 17.8 Å². The van der Waals surface area contributed by atoms with Gasteiger partial charge < -0.3 is 10.0 Å². The van der Waals surface area contributed by atoms with Gasteiger partial charge in [-0.1, -0.05) is 12.5 Å². The average molecular weight is 338 g/mol. The molecule has 2 aliphatic carbocycles. The number of aliphatic hydroxyl groups is 1. The van der Waals surface area contributed by atoms with Gasteiger partial charge in [0, 0.05) is 18.1 Å². The maximum atomic E-state index is 9.64. The Morgan fingerprint density at radius 1 is 1.35 bits per heavy atom. The molecule has 3 unspecified atom stereocenters. The van der Waals surface area contributed by atoms with Crippen molar-refractivity contribution in [1.29, 1.82) is 0 Å². The van der Waals surface area contributed by atoms with Gasteiger partial charge in [-0.15, -0.1) is 0 Å². The first-order valence-electron chi connectivity index (χ1n) is 7.73. The van der Waals surface area contributed by atoms with Gasteiger partial charge in [0.25, 0.3) is 0 Å². The predicted octanol–water partition coefficient (Wildman–Crippen LogP) is 4.37. The van der Waals surface area contributed by atoms with Crippen LogP contribution in [0.5, 0.6) is 0 Å². The van der Waals surface area contributed by atoms with Crippen molar-refractivity contribution in [3.05, 3.63) is 28.2 Å². The Bertz CT molecular complexity index is 488. The van der Waals surface area contributed by atoms with Crippen molar-refractivity contribution in [3.63, 3.8) is 0 Å². The van der Waals surface area contributed by atoms with Crippen LogP contribution in [0.3, 0.4) is 0 Å². The molecule has 1 N–H and O–H groups in total. The van der Waals surface area contributed by atoms with Crippen molar-refractivity contribution in [2.75, 3.05) is 18.5 Å². The fourth-order valence-electron chi connectivity index (χ4n) is 4.14. The average Bonchev–Trinajstić information content (AvgIpc) is 3.00. The van der Waals surface area contributed by atoms with Crippen LogP contribution < -0.4 is 4.90 Å². The van der Waals surface area contributed by atoms with Crippen molar-refractivity contribution in [3.8, 4) is 0 Å². The number of halogens is 1. The molecule has 0 aliphatic heterocycles. The second-order valence-electron chi connectivity index (χ2n) is 6.70. The van der Waals surface area contributed by atoms with E-state index in [1.165, 1.54) is 31.4 Å². The van der Waals surface area contributed by atoms with Gasteiger partial charge in [-0.3, -0.25) is 0 Å². The van der Waals surface area contributed by atoms with Crippen molar-refractivity contribution >= 4 is 21.6 Å². The van der Waals surface area contributed by atoms with Crippen LogP contribution in [0.2, 0.25) is 0 Å². The van der Waals surface area contributed by atoms with Gasteiger partial charge in [0.1, 0.15) is 0 Å². The Labute approximate surface area is 130 Å². The second-order valence-corrected chi connectivity index (χ2v) is 7.56. The molecule has 3 rings (SSSR count). The summed E-state index contributed by atoms with van der Waals surface area (Å²) in [7, 11) is 2.19. The van der Waals surface area contributed by atoms with E-state index in [2.05, 4.69) is 33.9 Å². The molecule has 2 bridgehead atoms. The summed E-state index contributed by atoms with van der Waals surface area (Å²) >= 11 is 3.65. The van der Waals surface area contributed by atoms with E-state index in [4.69, 9.17) is 0 Å². The molecule has 0 spiro atoms. The molecular weight excluding hydrogens is 314 g/mol. The van der Waals surface area contributed by atoms with Crippen LogP contribution in [0.15, 0.2) is 22.7 Å². The molecule has 0 radical (unpaired) electrons. The van der Waals surface area contributed by atoms with Crippen LogP contribution in [-0.4, -0.2) is 18.7 Å². The lowest BCUT2D eigenvalue weighted by molar-refractivity contribution is 0.199. The van der Waals surface area contributed by atoms with E-state index in [0.717, 1.165) is 34.3 Å². The molecule has 0 heterocycles. The number of nitrogens with zero attached hydrogens (tertiary/aromatic N) is 1. The van der Waals surface area contributed by atoms with Crippen LogP contribution in [0.1, 0.15) is 44.3 Å². The lowest BCUT2D eigenvalue weighted by Crippen LogP contribution is -2.28. The molecule has 2 nitrogen and oxygen atoms in total. The predicted molar refractivity (Wildman–Crippen MR) is 87.0 cm³/mol. The molecule has 3 heteroatoms. The number of rotatable bonds is 4. The van der Waals surface area contributed by atoms with E-state index in [1.54, 1.807) is 6.92 Å². The van der Waals surface area contributed by atoms with Crippen LogP contribution in [0.4, 0.5) is 5.69 Å². The minimum absolute atomic E-state index is 0.406. The molecule has 2 saturated carbocycles. The van der Waals surface area contributed by atoms with E-state index >= 15 is 0 Å². The topological polar surface area (TPSA) is 23.5 Å². The van der Waals surface area contributed by atoms with Gasteiger partial charge in [-0.25, -0.2) is 0 Å². The molecule has 0 aromatic heterocycles. The van der Waals surface area contributed by atoms with Crippen molar-refractivity contribution in [2.45, 2.75) is 38.7 Å². The SMILES string of the molecule is C[C@H](O)c1ccc(N(C)CC2CC3CCC2C3)c(Br)c1. The van der Waals surface area contributed by atoms with Gasteiger partial charge in [0.05, 0.1) is 11.8 Å². The Kier molecular flexibility index (Phi) is 4.09. The fraction of sp³-hybridized carbons (Fsp3) is 0.647. The highest BCUT2D eigenvalue weighted by Gasteiger charge is 2.39. The smallest absolute Gasteiger partial charge is 0.0762 e. The fourth-order valence-corrected chi connectivity index (χ4v) is 4.84. The summed E-state index contributed by atoms with van der Waals surface area (Å²) in [5.41, 5.74) is 2.20. The summed E-state index contributed by atoms with van der Waals surface area (Å²) in [6, 6.07) is 6.19. The third-order valence-corrected chi connectivity index (χ3v) is 5.89. The summed E-state index contributed by atoms with van der Waals surface area (Å²) in [6.45, 7) is 2.97. The van der Waals surface area contributed by atoms with Crippen LogP contribution in [-0.2, 0) is 0 Å². The Balaban J connectivity index is 1.69. The number of anilines is 1. The van der Waals surface area contributed by atoms with E-state index < -0.39 is 6.10 Å². The first-order chi connectivity index (χ1) is 9.54. The van der Waals surface area contributed by atoms with Crippen molar-refractivity contribution in [1.82, 2.24) is 0 Å². The third kappa shape index (κ3) is 2.75. The van der Waals surface area contributed by atoms with Crippen molar-refractivity contribution < 1.29 is 5.11 Å². The summed E-state index contributed by atoms with van der Waals surface area (Å²) in [4.78, 5) is 2.38. The molecule has 2 aliphatic rings. The Hall–Kier alpha value is -0.540. The van der Waals surface area contributed by atoms with Gasteiger partial charge in [-0.05, 0) is 77.6 Å². The van der Waals surface area contributed by atoms with Crippen LogP contribution in [0.25, 0.3) is 0 Å². The summed E-state index contributed by atoms with van der Waals surface area (Å²) in [6.07, 6.45) is 5.42. The maximum absolute atomic E-state index is 9.64. The van der Waals surface area contributed by atoms with Crippen LogP contribution >= 0.6 is 15.9 Å². The van der Waals surface area contributed by atoms with E-state index in [1.807, 2.05) is 12.1 Å². The minimum Gasteiger partial charge on any atom is -0.389 e. The first-order valence-corrected chi connectivity index (χ1v) is 8.52. The lowest BCUT2D eigenvalue weighted by atomic mass is 9.88. The summed E-state index contributed by atoms with van der Waals surface area (Å²) in [5, 5.41) is 9.64. The highest BCUT2D eigenvalue weighted by Crippen LogP contribution is 2.48. The number of aliphatic hydroxyl groups excluding tert-OH is 1. The highest BCUT2D eigenvalue weighted by molar-refractivity contribution is 9.10. The molecule has 110 valence electrons. The second kappa shape index (κ2) is 5.69. The van der Waals surface area contributed by atoms with Gasteiger partial charge >= 0.3 is 0 Å². The van der Waals surface area contributed by atoms with E-state index in [0.29, 0.717) is 0 Å². The molecule has 1 aromatic rings. The van der Waals surface area contributed by atoms with Gasteiger partial charge in [-0.2, -0.15) is 0 Å². The first kappa shape index (κ1) is 14.4.